The number of halogens is 1. The van der Waals surface area contributed by atoms with Crippen LogP contribution < -0.4 is 15.4 Å². The Morgan fingerprint density at radius 3 is 3.00 bits per heavy atom. The normalized spacial score (nSPS) is 18.0. The van der Waals surface area contributed by atoms with Gasteiger partial charge in [0.15, 0.2) is 0 Å². The lowest BCUT2D eigenvalue weighted by atomic mass is 10.2. The third-order valence-corrected chi connectivity index (χ3v) is 2.90. The summed E-state index contributed by atoms with van der Waals surface area (Å²) in [5.74, 6) is 1.10. The van der Waals surface area contributed by atoms with Crippen LogP contribution in [0.2, 0.25) is 0 Å². The molecule has 1 amide bonds. The van der Waals surface area contributed by atoms with E-state index >= 15 is 0 Å². The summed E-state index contributed by atoms with van der Waals surface area (Å²) in [4.78, 5) is 12.0. The number of nitrogens with one attached hydrogen (secondary N) is 2. The molecule has 118 valence electrons. The summed E-state index contributed by atoms with van der Waals surface area (Å²) in [6.45, 7) is 6.76. The van der Waals surface area contributed by atoms with E-state index in [0.717, 1.165) is 18.0 Å². The standard InChI is InChI=1S/C15H22N2O3.ClH/c1-11(2)10-20-13-5-3-4-12(8-13)17-15(18)14-9-16-6-7-19-14;/h3-5,8,11,14,16H,6-7,9-10H2,1-2H3,(H,17,18);1H. The summed E-state index contributed by atoms with van der Waals surface area (Å²) in [7, 11) is 0. The summed E-state index contributed by atoms with van der Waals surface area (Å²) < 4.78 is 11.1. The average molecular weight is 315 g/mol. The molecule has 1 aliphatic rings. The number of hydrogen-bond donors (Lipinski definition) is 2. The fourth-order valence-electron chi connectivity index (χ4n) is 1.88. The molecule has 5 nitrogen and oxygen atoms in total. The van der Waals surface area contributed by atoms with E-state index in [2.05, 4.69) is 24.5 Å². The van der Waals surface area contributed by atoms with E-state index in [4.69, 9.17) is 9.47 Å². The van der Waals surface area contributed by atoms with Gasteiger partial charge in [-0.05, 0) is 18.1 Å². The number of hydrogen-bond acceptors (Lipinski definition) is 4. The van der Waals surface area contributed by atoms with Crippen molar-refractivity contribution in [1.82, 2.24) is 5.32 Å². The molecule has 6 heteroatoms. The number of anilines is 1. The maximum absolute atomic E-state index is 12.0. The van der Waals surface area contributed by atoms with Gasteiger partial charge in [0.25, 0.3) is 5.91 Å². The zero-order valence-corrected chi connectivity index (χ0v) is 13.2. The van der Waals surface area contributed by atoms with Gasteiger partial charge in [-0.25, -0.2) is 0 Å². The third kappa shape index (κ3) is 5.91. The van der Waals surface area contributed by atoms with Crippen LogP contribution >= 0.6 is 12.4 Å². The second-order valence-corrected chi connectivity index (χ2v) is 5.29. The first kappa shape index (κ1) is 17.8. The molecule has 1 heterocycles. The highest BCUT2D eigenvalue weighted by Crippen LogP contribution is 2.18. The van der Waals surface area contributed by atoms with Gasteiger partial charge < -0.3 is 20.1 Å². The predicted octanol–water partition coefficient (Wildman–Crippen LogP) is 2.07. The third-order valence-electron chi connectivity index (χ3n) is 2.90. The molecule has 1 saturated heterocycles. The molecule has 1 aromatic rings. The molecule has 0 aliphatic carbocycles. The summed E-state index contributed by atoms with van der Waals surface area (Å²) in [6, 6.07) is 7.43. The minimum Gasteiger partial charge on any atom is -0.493 e. The molecule has 1 unspecified atom stereocenters. The fraction of sp³-hybridized carbons (Fsp3) is 0.533. The summed E-state index contributed by atoms with van der Waals surface area (Å²) in [5, 5.41) is 5.99. The SMILES string of the molecule is CC(C)COc1cccc(NC(=O)C2CNCCO2)c1.Cl. The van der Waals surface area contributed by atoms with E-state index in [1.807, 2.05) is 24.3 Å². The molecule has 21 heavy (non-hydrogen) atoms. The van der Waals surface area contributed by atoms with Crippen molar-refractivity contribution in [2.24, 2.45) is 5.92 Å². The van der Waals surface area contributed by atoms with Crippen LogP contribution in [0.1, 0.15) is 13.8 Å². The van der Waals surface area contributed by atoms with Gasteiger partial charge in [0.05, 0.1) is 13.2 Å². The largest absolute Gasteiger partial charge is 0.493 e. The number of carbonyl (C=O) groups is 1. The number of amides is 1. The van der Waals surface area contributed by atoms with Crippen molar-refractivity contribution >= 4 is 24.0 Å². The van der Waals surface area contributed by atoms with Crippen LogP contribution in [-0.2, 0) is 9.53 Å². The molecule has 1 aliphatic heterocycles. The predicted molar refractivity (Wildman–Crippen MR) is 85.3 cm³/mol. The van der Waals surface area contributed by atoms with E-state index in [0.29, 0.717) is 25.7 Å². The van der Waals surface area contributed by atoms with Gasteiger partial charge in [0, 0.05) is 24.8 Å². The zero-order chi connectivity index (χ0) is 14.4. The monoisotopic (exact) mass is 314 g/mol. The van der Waals surface area contributed by atoms with Crippen LogP contribution in [0.3, 0.4) is 0 Å². The lowest BCUT2D eigenvalue weighted by Crippen LogP contribution is -2.45. The number of rotatable bonds is 5. The van der Waals surface area contributed by atoms with Crippen LogP contribution in [0, 0.1) is 5.92 Å². The number of carbonyl (C=O) groups excluding carboxylic acids is 1. The average Bonchev–Trinajstić information content (AvgIpc) is 2.46. The van der Waals surface area contributed by atoms with Gasteiger partial charge in [0.2, 0.25) is 0 Å². The van der Waals surface area contributed by atoms with E-state index in [1.54, 1.807) is 0 Å². The van der Waals surface area contributed by atoms with Crippen LogP contribution in [0.5, 0.6) is 5.75 Å². The van der Waals surface area contributed by atoms with Gasteiger partial charge in [0.1, 0.15) is 11.9 Å². The molecular formula is C15H23ClN2O3. The lowest BCUT2D eigenvalue weighted by Gasteiger charge is -2.22. The Hall–Kier alpha value is -1.30. The molecule has 0 saturated carbocycles. The van der Waals surface area contributed by atoms with Gasteiger partial charge in [-0.15, -0.1) is 12.4 Å². The van der Waals surface area contributed by atoms with E-state index < -0.39 is 6.10 Å². The number of morpholine rings is 1. The molecule has 1 fully saturated rings. The molecule has 2 rings (SSSR count). The molecule has 1 aromatic carbocycles. The minimum absolute atomic E-state index is 0. The molecule has 0 aromatic heterocycles. The van der Waals surface area contributed by atoms with E-state index in [-0.39, 0.29) is 18.3 Å². The first-order valence-electron chi connectivity index (χ1n) is 7.01. The van der Waals surface area contributed by atoms with Crippen molar-refractivity contribution in [1.29, 1.82) is 0 Å². The minimum atomic E-state index is -0.427. The van der Waals surface area contributed by atoms with Crippen LogP contribution in [0.25, 0.3) is 0 Å². The molecular weight excluding hydrogens is 292 g/mol. The lowest BCUT2D eigenvalue weighted by molar-refractivity contribution is -0.128. The van der Waals surface area contributed by atoms with Crippen LogP contribution in [0.15, 0.2) is 24.3 Å². The molecule has 0 radical (unpaired) electrons. The van der Waals surface area contributed by atoms with Crippen molar-refractivity contribution < 1.29 is 14.3 Å². The summed E-state index contributed by atoms with van der Waals surface area (Å²) in [6.07, 6.45) is -0.427. The summed E-state index contributed by atoms with van der Waals surface area (Å²) in [5.41, 5.74) is 0.727. The highest BCUT2D eigenvalue weighted by molar-refractivity contribution is 5.94. The van der Waals surface area contributed by atoms with Crippen molar-refractivity contribution in [2.45, 2.75) is 20.0 Å². The van der Waals surface area contributed by atoms with Crippen LogP contribution in [-0.4, -0.2) is 38.3 Å². The van der Waals surface area contributed by atoms with Crippen LogP contribution in [0.4, 0.5) is 5.69 Å². The Labute approximate surface area is 131 Å². The van der Waals surface area contributed by atoms with Gasteiger partial charge >= 0.3 is 0 Å². The highest BCUT2D eigenvalue weighted by atomic mass is 35.5. The first-order valence-corrected chi connectivity index (χ1v) is 7.01. The summed E-state index contributed by atoms with van der Waals surface area (Å²) >= 11 is 0. The maximum Gasteiger partial charge on any atom is 0.254 e. The second kappa shape index (κ2) is 8.87. The molecule has 0 spiro atoms. The number of ether oxygens (including phenoxy) is 2. The molecule has 0 bridgehead atoms. The maximum atomic E-state index is 12.0. The topological polar surface area (TPSA) is 59.6 Å². The highest BCUT2D eigenvalue weighted by Gasteiger charge is 2.21. The molecule has 1 atom stereocenters. The van der Waals surface area contributed by atoms with Gasteiger partial charge in [-0.2, -0.15) is 0 Å². The Bertz CT molecular complexity index is 448. The first-order chi connectivity index (χ1) is 9.65. The van der Waals surface area contributed by atoms with E-state index in [9.17, 15) is 4.79 Å². The molecule has 2 N–H and O–H groups in total. The van der Waals surface area contributed by atoms with Gasteiger partial charge in [-0.1, -0.05) is 19.9 Å². The Kier molecular flexibility index (Phi) is 7.50. The zero-order valence-electron chi connectivity index (χ0n) is 12.4. The smallest absolute Gasteiger partial charge is 0.254 e. The second-order valence-electron chi connectivity index (χ2n) is 5.29. The van der Waals surface area contributed by atoms with Crippen molar-refractivity contribution in [3.63, 3.8) is 0 Å². The van der Waals surface area contributed by atoms with Crippen molar-refractivity contribution in [2.75, 3.05) is 31.6 Å². The Balaban J connectivity index is 0.00000220. The Morgan fingerprint density at radius 1 is 1.52 bits per heavy atom. The van der Waals surface area contributed by atoms with Crippen molar-refractivity contribution in [3.05, 3.63) is 24.3 Å². The quantitative estimate of drug-likeness (QED) is 0.873. The van der Waals surface area contributed by atoms with E-state index in [1.165, 1.54) is 0 Å². The van der Waals surface area contributed by atoms with Crippen molar-refractivity contribution in [3.8, 4) is 5.75 Å². The van der Waals surface area contributed by atoms with Gasteiger partial charge in [-0.3, -0.25) is 4.79 Å². The Morgan fingerprint density at radius 2 is 2.33 bits per heavy atom. The fourth-order valence-corrected chi connectivity index (χ4v) is 1.88. The number of benzene rings is 1.